The summed E-state index contributed by atoms with van der Waals surface area (Å²) in [5, 5.41) is 0.539. The predicted octanol–water partition coefficient (Wildman–Crippen LogP) is 3.54. The Bertz CT molecular complexity index is 559. The van der Waals surface area contributed by atoms with Crippen molar-refractivity contribution in [1.29, 1.82) is 0 Å². The number of ether oxygens (including phenoxy) is 1. The molecule has 1 atom stereocenters. The highest BCUT2D eigenvalue weighted by Crippen LogP contribution is 2.31. The average molecular weight is 266 g/mol. The van der Waals surface area contributed by atoms with Crippen molar-refractivity contribution >= 4 is 11.6 Å². The first-order valence-corrected chi connectivity index (χ1v) is 5.84. The van der Waals surface area contributed by atoms with Crippen LogP contribution in [0.1, 0.15) is 17.2 Å². The lowest BCUT2D eigenvalue weighted by molar-refractivity contribution is 0.407. The van der Waals surface area contributed by atoms with E-state index in [0.717, 1.165) is 0 Å². The van der Waals surface area contributed by atoms with Gasteiger partial charge in [-0.1, -0.05) is 29.8 Å². The Hall–Kier alpha value is -1.58. The van der Waals surface area contributed by atoms with Gasteiger partial charge in [0.15, 0.2) is 0 Å². The molecule has 2 N–H and O–H groups in total. The van der Waals surface area contributed by atoms with Gasteiger partial charge >= 0.3 is 0 Å². The fourth-order valence-corrected chi connectivity index (χ4v) is 2.02. The molecule has 2 nitrogen and oxygen atoms in total. The highest BCUT2D eigenvalue weighted by atomic mass is 35.5. The summed E-state index contributed by atoms with van der Waals surface area (Å²) in [5.41, 5.74) is 7.16. The molecule has 0 saturated carbocycles. The van der Waals surface area contributed by atoms with Crippen molar-refractivity contribution in [2.24, 2.45) is 5.73 Å². The van der Waals surface area contributed by atoms with Gasteiger partial charge in [-0.05, 0) is 24.3 Å². The molecule has 1 unspecified atom stereocenters. The van der Waals surface area contributed by atoms with Crippen LogP contribution in [0.4, 0.5) is 4.39 Å². The summed E-state index contributed by atoms with van der Waals surface area (Å²) in [6, 6.07) is 10.9. The SMILES string of the molecule is COc1ccc(Cl)cc1C(N)c1ccccc1F. The van der Waals surface area contributed by atoms with Gasteiger partial charge < -0.3 is 10.5 Å². The van der Waals surface area contributed by atoms with E-state index < -0.39 is 6.04 Å². The number of benzene rings is 2. The zero-order valence-corrected chi connectivity index (χ0v) is 10.6. The summed E-state index contributed by atoms with van der Waals surface area (Å²) in [6.45, 7) is 0. The second kappa shape index (κ2) is 5.38. The molecule has 0 spiro atoms. The van der Waals surface area contributed by atoms with Crippen LogP contribution in [0.3, 0.4) is 0 Å². The average Bonchev–Trinajstić information content (AvgIpc) is 2.38. The molecule has 0 fully saturated rings. The number of nitrogens with two attached hydrogens (primary N) is 1. The van der Waals surface area contributed by atoms with Crippen molar-refractivity contribution in [2.75, 3.05) is 7.11 Å². The molecule has 2 rings (SSSR count). The van der Waals surface area contributed by atoms with Crippen molar-refractivity contribution in [2.45, 2.75) is 6.04 Å². The van der Waals surface area contributed by atoms with Crippen LogP contribution in [0.25, 0.3) is 0 Å². The van der Waals surface area contributed by atoms with Crippen LogP contribution in [-0.4, -0.2) is 7.11 Å². The smallest absolute Gasteiger partial charge is 0.128 e. The van der Waals surface area contributed by atoms with E-state index in [0.29, 0.717) is 21.9 Å². The molecular weight excluding hydrogens is 253 g/mol. The van der Waals surface area contributed by atoms with Gasteiger partial charge in [-0.25, -0.2) is 4.39 Å². The molecule has 0 aliphatic heterocycles. The summed E-state index contributed by atoms with van der Waals surface area (Å²) in [4.78, 5) is 0. The number of halogens is 2. The van der Waals surface area contributed by atoms with Gasteiger partial charge in [0.1, 0.15) is 11.6 Å². The lowest BCUT2D eigenvalue weighted by Crippen LogP contribution is -2.14. The van der Waals surface area contributed by atoms with Crippen LogP contribution in [0.15, 0.2) is 42.5 Å². The lowest BCUT2D eigenvalue weighted by Gasteiger charge is -2.17. The van der Waals surface area contributed by atoms with Crippen LogP contribution in [-0.2, 0) is 0 Å². The Labute approximate surface area is 110 Å². The molecule has 94 valence electrons. The molecule has 0 saturated heterocycles. The van der Waals surface area contributed by atoms with Gasteiger partial charge in [0.05, 0.1) is 13.2 Å². The van der Waals surface area contributed by atoms with Crippen LogP contribution < -0.4 is 10.5 Å². The highest BCUT2D eigenvalue weighted by molar-refractivity contribution is 6.30. The maximum Gasteiger partial charge on any atom is 0.128 e. The van der Waals surface area contributed by atoms with Gasteiger partial charge in [0, 0.05) is 16.1 Å². The zero-order chi connectivity index (χ0) is 13.1. The quantitative estimate of drug-likeness (QED) is 0.921. The first-order chi connectivity index (χ1) is 8.63. The minimum atomic E-state index is -0.611. The molecule has 2 aromatic carbocycles. The van der Waals surface area contributed by atoms with Crippen LogP contribution >= 0.6 is 11.6 Å². The fraction of sp³-hybridized carbons (Fsp3) is 0.143. The molecule has 0 aliphatic carbocycles. The minimum absolute atomic E-state index is 0.341. The van der Waals surface area contributed by atoms with Crippen molar-refractivity contribution in [3.63, 3.8) is 0 Å². The van der Waals surface area contributed by atoms with E-state index in [1.165, 1.54) is 6.07 Å². The minimum Gasteiger partial charge on any atom is -0.496 e. The molecule has 0 heterocycles. The molecule has 0 amide bonds. The van der Waals surface area contributed by atoms with E-state index in [-0.39, 0.29) is 5.82 Å². The van der Waals surface area contributed by atoms with Crippen molar-refractivity contribution < 1.29 is 9.13 Å². The topological polar surface area (TPSA) is 35.2 Å². The van der Waals surface area contributed by atoms with E-state index in [1.807, 2.05) is 0 Å². The maximum absolute atomic E-state index is 13.7. The Morgan fingerprint density at radius 1 is 1.17 bits per heavy atom. The highest BCUT2D eigenvalue weighted by Gasteiger charge is 2.17. The van der Waals surface area contributed by atoms with Gasteiger partial charge in [0.2, 0.25) is 0 Å². The predicted molar refractivity (Wildman–Crippen MR) is 70.4 cm³/mol. The first kappa shape index (κ1) is 12.9. The molecular formula is C14H13ClFNO. The van der Waals surface area contributed by atoms with Crippen LogP contribution in [0, 0.1) is 5.82 Å². The Morgan fingerprint density at radius 2 is 1.89 bits per heavy atom. The largest absolute Gasteiger partial charge is 0.496 e. The Balaban J connectivity index is 2.48. The number of hydrogen-bond donors (Lipinski definition) is 1. The first-order valence-electron chi connectivity index (χ1n) is 5.47. The van der Waals surface area contributed by atoms with Crippen molar-refractivity contribution in [1.82, 2.24) is 0 Å². The standard InChI is InChI=1S/C14H13ClFNO/c1-18-13-7-6-9(15)8-11(13)14(17)10-4-2-3-5-12(10)16/h2-8,14H,17H2,1H3. The molecule has 0 bridgehead atoms. The maximum atomic E-state index is 13.7. The molecule has 0 aromatic heterocycles. The van der Waals surface area contributed by atoms with E-state index in [4.69, 9.17) is 22.1 Å². The van der Waals surface area contributed by atoms with Crippen molar-refractivity contribution in [3.05, 3.63) is 64.4 Å². The van der Waals surface area contributed by atoms with Gasteiger partial charge in [-0.15, -0.1) is 0 Å². The van der Waals surface area contributed by atoms with Gasteiger partial charge in [-0.3, -0.25) is 0 Å². The lowest BCUT2D eigenvalue weighted by atomic mass is 9.98. The van der Waals surface area contributed by atoms with E-state index in [1.54, 1.807) is 43.5 Å². The van der Waals surface area contributed by atoms with Crippen LogP contribution in [0.2, 0.25) is 5.02 Å². The number of hydrogen-bond acceptors (Lipinski definition) is 2. The fourth-order valence-electron chi connectivity index (χ4n) is 1.84. The summed E-state index contributed by atoms with van der Waals surface area (Å²) in [7, 11) is 1.54. The van der Waals surface area contributed by atoms with Crippen molar-refractivity contribution in [3.8, 4) is 5.75 Å². The second-order valence-corrected chi connectivity index (χ2v) is 4.32. The Kier molecular flexibility index (Phi) is 3.84. The summed E-state index contributed by atoms with van der Waals surface area (Å²) in [5.74, 6) is 0.252. The number of rotatable bonds is 3. The molecule has 2 aromatic rings. The summed E-state index contributed by atoms with van der Waals surface area (Å²) >= 11 is 5.94. The summed E-state index contributed by atoms with van der Waals surface area (Å²) < 4.78 is 18.9. The molecule has 0 aliphatic rings. The molecule has 18 heavy (non-hydrogen) atoms. The van der Waals surface area contributed by atoms with Crippen LogP contribution in [0.5, 0.6) is 5.75 Å². The Morgan fingerprint density at radius 3 is 2.56 bits per heavy atom. The number of methoxy groups -OCH3 is 1. The summed E-state index contributed by atoms with van der Waals surface area (Å²) in [6.07, 6.45) is 0. The van der Waals surface area contributed by atoms with Gasteiger partial charge in [0.25, 0.3) is 0 Å². The third-order valence-electron chi connectivity index (χ3n) is 2.77. The normalized spacial score (nSPS) is 12.2. The second-order valence-electron chi connectivity index (χ2n) is 3.89. The molecule has 0 radical (unpaired) electrons. The van der Waals surface area contributed by atoms with Gasteiger partial charge in [-0.2, -0.15) is 0 Å². The van der Waals surface area contributed by atoms with E-state index >= 15 is 0 Å². The van der Waals surface area contributed by atoms with E-state index in [2.05, 4.69) is 0 Å². The molecule has 4 heteroatoms. The zero-order valence-electron chi connectivity index (χ0n) is 9.86. The third-order valence-corrected chi connectivity index (χ3v) is 3.00. The monoisotopic (exact) mass is 265 g/mol. The van der Waals surface area contributed by atoms with E-state index in [9.17, 15) is 4.39 Å². The third kappa shape index (κ3) is 2.47.